The lowest BCUT2D eigenvalue weighted by atomic mass is 9.99. The van der Waals surface area contributed by atoms with E-state index in [4.69, 9.17) is 4.74 Å². The molecule has 0 aliphatic rings. The summed E-state index contributed by atoms with van der Waals surface area (Å²) in [5.41, 5.74) is 2.52. The summed E-state index contributed by atoms with van der Waals surface area (Å²) in [5.74, 6) is -0.515. The Kier molecular flexibility index (Phi) is 4.58. The van der Waals surface area contributed by atoms with Crippen molar-refractivity contribution in [3.63, 3.8) is 0 Å². The number of hydrogen-bond donors (Lipinski definition) is 1. The number of phenols is 1. The Hall–Kier alpha value is -2.36. The van der Waals surface area contributed by atoms with Gasteiger partial charge in [0.1, 0.15) is 11.6 Å². The quantitative estimate of drug-likeness (QED) is 0.874. The Bertz CT molecular complexity index is 665. The van der Waals surface area contributed by atoms with Crippen molar-refractivity contribution in [2.75, 3.05) is 6.61 Å². The van der Waals surface area contributed by atoms with Gasteiger partial charge in [0, 0.05) is 5.56 Å². The molecule has 3 nitrogen and oxygen atoms in total. The largest absolute Gasteiger partial charge is 0.507 e. The first-order valence-corrected chi connectivity index (χ1v) is 6.75. The van der Waals surface area contributed by atoms with Gasteiger partial charge in [-0.25, -0.2) is 4.39 Å². The first-order valence-electron chi connectivity index (χ1n) is 6.75. The van der Waals surface area contributed by atoms with Crippen molar-refractivity contribution in [2.45, 2.75) is 20.3 Å². The van der Waals surface area contributed by atoms with E-state index >= 15 is 0 Å². The van der Waals surface area contributed by atoms with Crippen molar-refractivity contribution >= 4 is 5.97 Å². The van der Waals surface area contributed by atoms with E-state index in [0.717, 1.165) is 5.56 Å². The molecule has 0 amide bonds. The van der Waals surface area contributed by atoms with Crippen LogP contribution in [0.4, 0.5) is 4.39 Å². The highest BCUT2D eigenvalue weighted by Gasteiger charge is 2.10. The highest BCUT2D eigenvalue weighted by Crippen LogP contribution is 2.31. The molecule has 4 heteroatoms. The molecule has 0 aliphatic carbocycles. The third kappa shape index (κ3) is 3.60. The average molecular weight is 288 g/mol. The van der Waals surface area contributed by atoms with Crippen LogP contribution >= 0.6 is 0 Å². The summed E-state index contributed by atoms with van der Waals surface area (Å²) in [6.45, 7) is 3.75. The number of halogens is 1. The fourth-order valence-corrected chi connectivity index (χ4v) is 2.12. The van der Waals surface area contributed by atoms with Crippen LogP contribution in [0.2, 0.25) is 0 Å². The molecule has 0 unspecified atom stereocenters. The van der Waals surface area contributed by atoms with Crippen LogP contribution < -0.4 is 0 Å². The smallest absolute Gasteiger partial charge is 0.310 e. The molecule has 0 aromatic heterocycles. The predicted molar refractivity (Wildman–Crippen MR) is 78.6 cm³/mol. The molecule has 110 valence electrons. The Morgan fingerprint density at radius 3 is 2.67 bits per heavy atom. The van der Waals surface area contributed by atoms with Crippen LogP contribution in [-0.2, 0) is 16.0 Å². The van der Waals surface area contributed by atoms with Gasteiger partial charge in [-0.05, 0) is 54.8 Å². The lowest BCUT2D eigenvalue weighted by Crippen LogP contribution is -2.07. The van der Waals surface area contributed by atoms with E-state index in [2.05, 4.69) is 0 Å². The zero-order valence-electron chi connectivity index (χ0n) is 12.0. The van der Waals surface area contributed by atoms with Gasteiger partial charge in [0.05, 0.1) is 13.0 Å². The van der Waals surface area contributed by atoms with Gasteiger partial charge in [-0.15, -0.1) is 0 Å². The molecule has 0 radical (unpaired) electrons. The van der Waals surface area contributed by atoms with E-state index in [9.17, 15) is 14.3 Å². The van der Waals surface area contributed by atoms with Crippen LogP contribution in [0.1, 0.15) is 18.1 Å². The molecule has 21 heavy (non-hydrogen) atoms. The van der Waals surface area contributed by atoms with Gasteiger partial charge >= 0.3 is 5.97 Å². The molecule has 1 N–H and O–H groups in total. The van der Waals surface area contributed by atoms with E-state index in [-0.39, 0.29) is 24.0 Å². The summed E-state index contributed by atoms with van der Waals surface area (Å²) in [6.07, 6.45) is 0.140. The van der Waals surface area contributed by atoms with Crippen LogP contribution in [0, 0.1) is 12.7 Å². The molecule has 0 heterocycles. The number of esters is 1. The van der Waals surface area contributed by atoms with Gasteiger partial charge in [-0.3, -0.25) is 4.79 Å². The van der Waals surface area contributed by atoms with E-state index in [1.807, 2.05) is 0 Å². The van der Waals surface area contributed by atoms with Crippen LogP contribution in [-0.4, -0.2) is 17.7 Å². The molecule has 0 spiro atoms. The van der Waals surface area contributed by atoms with Gasteiger partial charge in [-0.2, -0.15) is 0 Å². The van der Waals surface area contributed by atoms with Gasteiger partial charge in [-0.1, -0.05) is 12.1 Å². The van der Waals surface area contributed by atoms with Crippen molar-refractivity contribution < 1.29 is 19.0 Å². The SMILES string of the molecule is CCOC(=O)Cc1ccc(O)c(-c2ccc(F)c(C)c2)c1. The van der Waals surface area contributed by atoms with Gasteiger partial charge in [0.25, 0.3) is 0 Å². The molecule has 0 fully saturated rings. The number of phenolic OH excluding ortho intramolecular Hbond substituents is 1. The fraction of sp³-hybridized carbons (Fsp3) is 0.235. The van der Waals surface area contributed by atoms with E-state index < -0.39 is 0 Å². The van der Waals surface area contributed by atoms with Crippen molar-refractivity contribution in [1.29, 1.82) is 0 Å². The highest BCUT2D eigenvalue weighted by molar-refractivity contribution is 5.76. The normalized spacial score (nSPS) is 10.4. The third-order valence-electron chi connectivity index (χ3n) is 3.18. The van der Waals surface area contributed by atoms with Crippen molar-refractivity contribution in [2.24, 2.45) is 0 Å². The van der Waals surface area contributed by atoms with Crippen molar-refractivity contribution in [3.05, 3.63) is 53.3 Å². The average Bonchev–Trinajstić information content (AvgIpc) is 2.44. The van der Waals surface area contributed by atoms with E-state index in [1.54, 1.807) is 38.1 Å². The maximum atomic E-state index is 13.3. The number of benzene rings is 2. The maximum absolute atomic E-state index is 13.3. The Balaban J connectivity index is 2.34. The molecule has 0 saturated carbocycles. The summed E-state index contributed by atoms with van der Waals surface area (Å²) < 4.78 is 18.2. The molecule has 0 bridgehead atoms. The molecular weight excluding hydrogens is 271 g/mol. The highest BCUT2D eigenvalue weighted by atomic mass is 19.1. The minimum Gasteiger partial charge on any atom is -0.507 e. The van der Waals surface area contributed by atoms with Crippen LogP contribution in [0.15, 0.2) is 36.4 Å². The number of rotatable bonds is 4. The number of aromatic hydroxyl groups is 1. The van der Waals surface area contributed by atoms with E-state index in [1.165, 1.54) is 12.1 Å². The fourth-order valence-electron chi connectivity index (χ4n) is 2.12. The molecule has 2 aromatic rings. The molecule has 0 aliphatic heterocycles. The van der Waals surface area contributed by atoms with Gasteiger partial charge < -0.3 is 9.84 Å². The lowest BCUT2D eigenvalue weighted by Gasteiger charge is -2.09. The molecule has 2 aromatic carbocycles. The van der Waals surface area contributed by atoms with E-state index in [0.29, 0.717) is 23.3 Å². The molecule has 0 saturated heterocycles. The summed E-state index contributed by atoms with van der Waals surface area (Å²) in [5, 5.41) is 9.98. The first kappa shape index (κ1) is 15.0. The Labute approximate surface area is 123 Å². The zero-order chi connectivity index (χ0) is 15.4. The second-order valence-corrected chi connectivity index (χ2v) is 4.80. The lowest BCUT2D eigenvalue weighted by molar-refractivity contribution is -0.142. The van der Waals surface area contributed by atoms with Crippen LogP contribution in [0.5, 0.6) is 5.75 Å². The minimum absolute atomic E-state index is 0.0913. The van der Waals surface area contributed by atoms with Gasteiger partial charge in [0.2, 0.25) is 0 Å². The summed E-state index contributed by atoms with van der Waals surface area (Å²) >= 11 is 0. The summed E-state index contributed by atoms with van der Waals surface area (Å²) in [6, 6.07) is 9.56. The predicted octanol–water partition coefficient (Wildman–Crippen LogP) is 3.61. The monoisotopic (exact) mass is 288 g/mol. The van der Waals surface area contributed by atoms with Crippen molar-refractivity contribution in [1.82, 2.24) is 0 Å². The second-order valence-electron chi connectivity index (χ2n) is 4.80. The van der Waals surface area contributed by atoms with Crippen molar-refractivity contribution in [3.8, 4) is 16.9 Å². The Morgan fingerprint density at radius 2 is 2.00 bits per heavy atom. The van der Waals surface area contributed by atoms with Gasteiger partial charge in [0.15, 0.2) is 0 Å². The molecular formula is C17H17FO3. The first-order chi connectivity index (χ1) is 10.0. The number of aryl methyl sites for hydroxylation is 1. The summed E-state index contributed by atoms with van der Waals surface area (Å²) in [7, 11) is 0. The second kappa shape index (κ2) is 6.39. The number of ether oxygens (including phenoxy) is 1. The number of hydrogen-bond acceptors (Lipinski definition) is 3. The number of carbonyl (C=O) groups is 1. The molecule has 0 atom stereocenters. The topological polar surface area (TPSA) is 46.5 Å². The molecule has 2 rings (SSSR count). The summed E-state index contributed by atoms with van der Waals surface area (Å²) in [4.78, 5) is 11.5. The minimum atomic E-state index is -0.315. The zero-order valence-corrected chi connectivity index (χ0v) is 12.0. The maximum Gasteiger partial charge on any atom is 0.310 e. The Morgan fingerprint density at radius 1 is 1.24 bits per heavy atom. The standard InChI is InChI=1S/C17H17FO3/c1-3-21-17(20)10-12-4-7-16(19)14(9-12)13-5-6-15(18)11(2)8-13/h4-9,19H,3,10H2,1-2H3. The van der Waals surface area contributed by atoms with Crippen LogP contribution in [0.25, 0.3) is 11.1 Å². The third-order valence-corrected chi connectivity index (χ3v) is 3.18. The number of carbonyl (C=O) groups excluding carboxylic acids is 1. The van der Waals surface area contributed by atoms with Crippen LogP contribution in [0.3, 0.4) is 0 Å².